The maximum absolute atomic E-state index is 11.3. The van der Waals surface area contributed by atoms with Crippen molar-refractivity contribution in [2.24, 2.45) is 4.99 Å². The number of thioether (sulfide) groups is 1. The zero-order chi connectivity index (χ0) is 18.3. The monoisotopic (exact) mass is 383 g/mol. The van der Waals surface area contributed by atoms with Gasteiger partial charge in [-0.1, -0.05) is 24.3 Å². The van der Waals surface area contributed by atoms with Crippen molar-refractivity contribution in [1.29, 1.82) is 0 Å². The van der Waals surface area contributed by atoms with Crippen LogP contribution in [0.4, 0.5) is 0 Å². The number of sulfone groups is 1. The fourth-order valence-electron chi connectivity index (χ4n) is 3.01. The number of guanidine groups is 1. The van der Waals surface area contributed by atoms with Crippen LogP contribution in [0.3, 0.4) is 0 Å². The number of nitrogens with zero attached hydrogens (tertiary/aromatic N) is 1. The number of rotatable bonds is 7. The van der Waals surface area contributed by atoms with E-state index in [9.17, 15) is 8.42 Å². The highest BCUT2D eigenvalue weighted by molar-refractivity contribution is 7.99. The van der Waals surface area contributed by atoms with Gasteiger partial charge in [0.05, 0.1) is 12.3 Å². The maximum atomic E-state index is 11.3. The molecule has 0 spiro atoms. The summed E-state index contributed by atoms with van der Waals surface area (Å²) >= 11 is 1.95. The molecule has 5 nitrogen and oxygen atoms in total. The summed E-state index contributed by atoms with van der Waals surface area (Å²) in [5.41, 5.74) is 1.89. The Morgan fingerprint density at radius 2 is 1.92 bits per heavy atom. The lowest BCUT2D eigenvalue weighted by Gasteiger charge is -2.17. The lowest BCUT2D eigenvalue weighted by molar-refractivity contribution is 0.601. The molecule has 2 rings (SSSR count). The molecule has 0 radical (unpaired) electrons. The highest BCUT2D eigenvalue weighted by Crippen LogP contribution is 2.28. The van der Waals surface area contributed by atoms with Gasteiger partial charge in [0.1, 0.15) is 0 Å². The van der Waals surface area contributed by atoms with Crippen LogP contribution in [0.15, 0.2) is 29.3 Å². The fraction of sp³-hybridized carbons (Fsp3) is 0.611. The summed E-state index contributed by atoms with van der Waals surface area (Å²) in [5, 5.41) is 7.60. The van der Waals surface area contributed by atoms with Gasteiger partial charge in [0.2, 0.25) is 0 Å². The van der Waals surface area contributed by atoms with E-state index in [0.717, 1.165) is 28.9 Å². The first kappa shape index (κ1) is 20.1. The van der Waals surface area contributed by atoms with Crippen molar-refractivity contribution in [3.8, 4) is 0 Å². The van der Waals surface area contributed by atoms with Gasteiger partial charge >= 0.3 is 0 Å². The molecular weight excluding hydrogens is 354 g/mol. The SMILES string of the molecule is CCNC(=NCc1ccc(CS(C)(=O)=O)cc1)NC1CCC(SC)C1. The molecule has 1 aliphatic rings. The van der Waals surface area contributed by atoms with E-state index in [1.165, 1.54) is 25.5 Å². The van der Waals surface area contributed by atoms with E-state index in [1.54, 1.807) is 0 Å². The average molecular weight is 384 g/mol. The van der Waals surface area contributed by atoms with E-state index in [-0.39, 0.29) is 5.75 Å². The Hall–Kier alpha value is -1.21. The van der Waals surface area contributed by atoms with Gasteiger partial charge in [-0.15, -0.1) is 0 Å². The third-order valence-electron chi connectivity index (χ3n) is 4.27. The standard InChI is InChI=1S/C18H29N3O2S2/c1-4-19-18(21-16-9-10-17(11-16)24-2)20-12-14-5-7-15(8-6-14)13-25(3,22)23/h5-8,16-17H,4,9-13H2,1-3H3,(H2,19,20,21). The van der Waals surface area contributed by atoms with Crippen molar-refractivity contribution in [2.75, 3.05) is 19.1 Å². The second-order valence-electron chi connectivity index (χ2n) is 6.59. The highest BCUT2D eigenvalue weighted by atomic mass is 32.2. The molecule has 140 valence electrons. The Bertz CT molecular complexity index is 672. The number of benzene rings is 1. The number of hydrogen-bond donors (Lipinski definition) is 2. The van der Waals surface area contributed by atoms with E-state index in [0.29, 0.717) is 12.6 Å². The summed E-state index contributed by atoms with van der Waals surface area (Å²) < 4.78 is 22.7. The summed E-state index contributed by atoms with van der Waals surface area (Å²) in [6.07, 6.45) is 7.08. The molecule has 2 atom stereocenters. The molecule has 1 aromatic carbocycles. The predicted octanol–water partition coefficient (Wildman–Crippen LogP) is 2.57. The van der Waals surface area contributed by atoms with Crippen molar-refractivity contribution in [3.05, 3.63) is 35.4 Å². The molecule has 1 aliphatic carbocycles. The van der Waals surface area contributed by atoms with Gasteiger partial charge in [0.25, 0.3) is 0 Å². The van der Waals surface area contributed by atoms with Crippen LogP contribution in [-0.4, -0.2) is 44.7 Å². The lowest BCUT2D eigenvalue weighted by atomic mass is 10.1. The molecule has 7 heteroatoms. The molecule has 0 amide bonds. The summed E-state index contributed by atoms with van der Waals surface area (Å²) in [7, 11) is -2.99. The van der Waals surface area contributed by atoms with Crippen LogP contribution in [0.5, 0.6) is 0 Å². The molecule has 0 saturated heterocycles. The molecule has 25 heavy (non-hydrogen) atoms. The minimum Gasteiger partial charge on any atom is -0.357 e. The average Bonchev–Trinajstić information content (AvgIpc) is 3.00. The second kappa shape index (κ2) is 9.48. The first-order chi connectivity index (χ1) is 11.9. The minimum atomic E-state index is -2.99. The van der Waals surface area contributed by atoms with Crippen LogP contribution in [0.25, 0.3) is 0 Å². The summed E-state index contributed by atoms with van der Waals surface area (Å²) in [5.74, 6) is 0.938. The van der Waals surface area contributed by atoms with Gasteiger partial charge in [-0.2, -0.15) is 11.8 Å². The molecular formula is C18H29N3O2S2. The Balaban J connectivity index is 1.94. The third-order valence-corrected chi connectivity index (χ3v) is 6.23. The summed E-state index contributed by atoms with van der Waals surface area (Å²) in [6, 6.07) is 8.13. The summed E-state index contributed by atoms with van der Waals surface area (Å²) in [4.78, 5) is 4.67. The molecule has 1 aromatic rings. The fourth-order valence-corrected chi connectivity index (χ4v) is 4.61. The zero-order valence-corrected chi connectivity index (χ0v) is 16.9. The van der Waals surface area contributed by atoms with Gasteiger partial charge in [-0.25, -0.2) is 13.4 Å². The largest absolute Gasteiger partial charge is 0.357 e. The van der Waals surface area contributed by atoms with Crippen molar-refractivity contribution in [1.82, 2.24) is 10.6 Å². The molecule has 1 fully saturated rings. The number of hydrogen-bond acceptors (Lipinski definition) is 4. The number of aliphatic imine (C=N–C) groups is 1. The number of nitrogens with one attached hydrogen (secondary N) is 2. The molecule has 0 bridgehead atoms. The van der Waals surface area contributed by atoms with Crippen molar-refractivity contribution in [3.63, 3.8) is 0 Å². The van der Waals surface area contributed by atoms with Crippen molar-refractivity contribution >= 4 is 27.6 Å². The Labute approximate surface area is 156 Å². The topological polar surface area (TPSA) is 70.6 Å². The van der Waals surface area contributed by atoms with E-state index in [1.807, 2.05) is 36.0 Å². The molecule has 0 aromatic heterocycles. The van der Waals surface area contributed by atoms with Gasteiger partial charge in [0, 0.05) is 24.1 Å². The minimum absolute atomic E-state index is 0.0824. The molecule has 2 N–H and O–H groups in total. The molecule has 0 aliphatic heterocycles. The smallest absolute Gasteiger partial charge is 0.191 e. The molecule has 2 unspecified atom stereocenters. The maximum Gasteiger partial charge on any atom is 0.191 e. The van der Waals surface area contributed by atoms with Crippen molar-refractivity contribution < 1.29 is 8.42 Å². The van der Waals surface area contributed by atoms with Crippen LogP contribution in [-0.2, 0) is 22.1 Å². The van der Waals surface area contributed by atoms with Crippen LogP contribution >= 0.6 is 11.8 Å². The van der Waals surface area contributed by atoms with Crippen LogP contribution in [0.2, 0.25) is 0 Å². The van der Waals surface area contributed by atoms with E-state index in [2.05, 4.69) is 28.8 Å². The highest BCUT2D eigenvalue weighted by Gasteiger charge is 2.24. The normalized spacial score (nSPS) is 21.3. The first-order valence-electron chi connectivity index (χ1n) is 8.72. The van der Waals surface area contributed by atoms with Crippen LogP contribution in [0.1, 0.15) is 37.3 Å². The Morgan fingerprint density at radius 3 is 2.48 bits per heavy atom. The summed E-state index contributed by atoms with van der Waals surface area (Å²) in [6.45, 7) is 3.47. The van der Waals surface area contributed by atoms with Gasteiger partial charge in [0.15, 0.2) is 15.8 Å². The van der Waals surface area contributed by atoms with Crippen LogP contribution < -0.4 is 10.6 Å². The molecule has 0 heterocycles. The Kier molecular flexibility index (Phi) is 7.62. The van der Waals surface area contributed by atoms with Crippen LogP contribution in [0, 0.1) is 0 Å². The van der Waals surface area contributed by atoms with Gasteiger partial charge in [-0.05, 0) is 43.6 Å². The lowest BCUT2D eigenvalue weighted by Crippen LogP contribution is -2.42. The molecule has 1 saturated carbocycles. The predicted molar refractivity (Wildman–Crippen MR) is 108 cm³/mol. The van der Waals surface area contributed by atoms with E-state index in [4.69, 9.17) is 0 Å². The van der Waals surface area contributed by atoms with Crippen molar-refractivity contribution in [2.45, 2.75) is 49.8 Å². The first-order valence-corrected chi connectivity index (χ1v) is 12.1. The van der Waals surface area contributed by atoms with E-state index >= 15 is 0 Å². The zero-order valence-electron chi connectivity index (χ0n) is 15.3. The van der Waals surface area contributed by atoms with Gasteiger partial charge in [-0.3, -0.25) is 0 Å². The Morgan fingerprint density at radius 1 is 1.24 bits per heavy atom. The van der Waals surface area contributed by atoms with Gasteiger partial charge < -0.3 is 10.6 Å². The third kappa shape index (κ3) is 7.28. The quantitative estimate of drug-likeness (QED) is 0.559. The second-order valence-corrected chi connectivity index (χ2v) is 9.87. The van der Waals surface area contributed by atoms with E-state index < -0.39 is 9.84 Å².